The second-order valence-corrected chi connectivity index (χ2v) is 8.55. The van der Waals surface area contributed by atoms with Crippen molar-refractivity contribution in [3.05, 3.63) is 0 Å². The molecule has 0 bridgehead atoms. The zero-order chi connectivity index (χ0) is 17.0. The number of hydrogen-bond donors (Lipinski definition) is 2. The average molecular weight is 314 g/mol. The highest BCUT2D eigenvalue weighted by Crippen LogP contribution is 2.22. The van der Waals surface area contributed by atoms with Crippen molar-refractivity contribution in [1.29, 1.82) is 0 Å². The van der Waals surface area contributed by atoms with Gasteiger partial charge in [-0.05, 0) is 45.4 Å². The van der Waals surface area contributed by atoms with Crippen LogP contribution in [-0.2, 0) is 4.74 Å². The summed E-state index contributed by atoms with van der Waals surface area (Å²) in [6, 6.07) is 0.483. The van der Waals surface area contributed by atoms with Crippen LogP contribution in [0.2, 0.25) is 0 Å². The lowest BCUT2D eigenvalue weighted by molar-refractivity contribution is 0.0191. The second kappa shape index (κ2) is 7.64. The van der Waals surface area contributed by atoms with Gasteiger partial charge in [-0.25, -0.2) is 4.79 Å². The molecule has 1 atom stereocenters. The van der Waals surface area contributed by atoms with E-state index in [1.165, 1.54) is 0 Å². The average Bonchev–Trinajstić information content (AvgIpc) is 2.35. The van der Waals surface area contributed by atoms with Crippen LogP contribution in [0, 0.1) is 5.41 Å². The van der Waals surface area contributed by atoms with E-state index in [4.69, 9.17) is 4.74 Å². The Balaban J connectivity index is 2.40. The van der Waals surface area contributed by atoms with Crippen LogP contribution in [0.25, 0.3) is 0 Å². The normalized spacial score (nSPS) is 19.1. The molecule has 1 rings (SSSR count). The van der Waals surface area contributed by atoms with Crippen molar-refractivity contribution in [3.8, 4) is 0 Å². The fraction of sp³-hybridized carbons (Fsp3) is 0.941. The Morgan fingerprint density at radius 2 is 1.77 bits per heavy atom. The number of likely N-dealkylation sites (tertiary alicyclic amines) is 1. The Labute approximate surface area is 135 Å². The Bertz CT molecular complexity index is 350. The van der Waals surface area contributed by atoms with Crippen LogP contribution in [0.5, 0.6) is 0 Å². The van der Waals surface area contributed by atoms with Crippen molar-refractivity contribution in [3.63, 3.8) is 0 Å². The molecule has 0 aromatic heterocycles. The minimum atomic E-state index is -0.444. The molecule has 0 spiro atoms. The summed E-state index contributed by atoms with van der Waals surface area (Å²) in [5.41, 5.74) is -0.252. The van der Waals surface area contributed by atoms with Gasteiger partial charge in [0.2, 0.25) is 0 Å². The standard InChI is InChI=1S/C17H34N2O3/c1-16(2,3)11-14(12-20)18-13-7-9-19(10-8-13)15(21)22-17(4,5)6/h13-14,18,20H,7-12H2,1-6H3. The number of amides is 1. The fourth-order valence-corrected chi connectivity index (χ4v) is 2.80. The van der Waals surface area contributed by atoms with Crippen molar-refractivity contribution in [2.75, 3.05) is 19.7 Å². The topological polar surface area (TPSA) is 61.8 Å². The Morgan fingerprint density at radius 1 is 1.23 bits per heavy atom. The van der Waals surface area contributed by atoms with E-state index < -0.39 is 5.60 Å². The molecule has 1 amide bonds. The minimum absolute atomic E-state index is 0.123. The van der Waals surface area contributed by atoms with Crippen LogP contribution in [0.1, 0.15) is 60.8 Å². The maximum Gasteiger partial charge on any atom is 0.410 e. The molecule has 0 aromatic rings. The number of piperidine rings is 1. The van der Waals surface area contributed by atoms with Gasteiger partial charge < -0.3 is 20.1 Å². The highest BCUT2D eigenvalue weighted by atomic mass is 16.6. The molecule has 1 unspecified atom stereocenters. The molecule has 1 aliphatic rings. The van der Waals surface area contributed by atoms with E-state index >= 15 is 0 Å². The molecule has 0 aliphatic carbocycles. The number of hydrogen-bond acceptors (Lipinski definition) is 4. The van der Waals surface area contributed by atoms with E-state index in [9.17, 15) is 9.90 Å². The third kappa shape index (κ3) is 7.45. The number of ether oxygens (including phenoxy) is 1. The number of aliphatic hydroxyl groups is 1. The highest BCUT2D eigenvalue weighted by molar-refractivity contribution is 5.68. The zero-order valence-electron chi connectivity index (χ0n) is 15.1. The Morgan fingerprint density at radius 3 is 2.18 bits per heavy atom. The van der Waals surface area contributed by atoms with Crippen LogP contribution in [0.3, 0.4) is 0 Å². The SMILES string of the molecule is CC(C)(C)CC(CO)NC1CCN(C(=O)OC(C)(C)C)CC1. The highest BCUT2D eigenvalue weighted by Gasteiger charge is 2.28. The van der Waals surface area contributed by atoms with Gasteiger partial charge in [-0.1, -0.05) is 20.8 Å². The lowest BCUT2D eigenvalue weighted by Gasteiger charge is -2.36. The lowest BCUT2D eigenvalue weighted by atomic mass is 9.87. The first kappa shape index (κ1) is 19.2. The van der Waals surface area contributed by atoms with Crippen molar-refractivity contribution in [1.82, 2.24) is 10.2 Å². The van der Waals surface area contributed by atoms with E-state index in [0.717, 1.165) is 19.3 Å². The molecule has 130 valence electrons. The fourth-order valence-electron chi connectivity index (χ4n) is 2.80. The molecular formula is C17H34N2O3. The number of carbonyl (C=O) groups excluding carboxylic acids is 1. The number of carbonyl (C=O) groups is 1. The van der Waals surface area contributed by atoms with Crippen LogP contribution >= 0.6 is 0 Å². The molecule has 1 aliphatic heterocycles. The second-order valence-electron chi connectivity index (χ2n) is 8.55. The molecule has 0 aromatic carbocycles. The maximum absolute atomic E-state index is 12.0. The molecule has 5 heteroatoms. The summed E-state index contributed by atoms with van der Waals surface area (Å²) in [6.07, 6.45) is 2.52. The van der Waals surface area contributed by atoms with Gasteiger partial charge in [-0.2, -0.15) is 0 Å². The first-order valence-corrected chi connectivity index (χ1v) is 8.35. The van der Waals surface area contributed by atoms with Gasteiger partial charge in [-0.3, -0.25) is 0 Å². The molecule has 5 nitrogen and oxygen atoms in total. The third-order valence-corrected chi connectivity index (χ3v) is 3.70. The quantitative estimate of drug-likeness (QED) is 0.837. The third-order valence-electron chi connectivity index (χ3n) is 3.70. The van der Waals surface area contributed by atoms with Gasteiger partial charge in [0.15, 0.2) is 0 Å². The maximum atomic E-state index is 12.0. The number of aliphatic hydroxyl groups excluding tert-OH is 1. The van der Waals surface area contributed by atoms with Crippen molar-refractivity contribution in [2.24, 2.45) is 5.41 Å². The Hall–Kier alpha value is -0.810. The van der Waals surface area contributed by atoms with Crippen LogP contribution in [0.15, 0.2) is 0 Å². The summed E-state index contributed by atoms with van der Waals surface area (Å²) >= 11 is 0. The summed E-state index contributed by atoms with van der Waals surface area (Å²) in [5.74, 6) is 0. The predicted octanol–water partition coefficient (Wildman–Crippen LogP) is 2.77. The Kier molecular flexibility index (Phi) is 6.68. The molecule has 1 fully saturated rings. The summed E-state index contributed by atoms with van der Waals surface area (Å²) in [4.78, 5) is 13.8. The molecule has 22 heavy (non-hydrogen) atoms. The summed E-state index contributed by atoms with van der Waals surface area (Å²) in [7, 11) is 0. The van der Waals surface area contributed by atoms with Gasteiger partial charge in [-0.15, -0.1) is 0 Å². The first-order valence-electron chi connectivity index (χ1n) is 8.35. The predicted molar refractivity (Wildman–Crippen MR) is 88.9 cm³/mol. The molecule has 1 saturated heterocycles. The summed E-state index contributed by atoms with van der Waals surface area (Å²) < 4.78 is 5.41. The van der Waals surface area contributed by atoms with Crippen molar-refractivity contribution in [2.45, 2.75) is 78.5 Å². The van der Waals surface area contributed by atoms with E-state index in [1.54, 1.807) is 4.90 Å². The first-order chi connectivity index (χ1) is 10.00. The molecule has 1 heterocycles. The van der Waals surface area contributed by atoms with Crippen LogP contribution in [0.4, 0.5) is 4.79 Å². The monoisotopic (exact) mass is 314 g/mol. The van der Waals surface area contributed by atoms with Gasteiger partial charge in [0.25, 0.3) is 0 Å². The number of nitrogens with one attached hydrogen (secondary N) is 1. The molecule has 0 saturated carbocycles. The minimum Gasteiger partial charge on any atom is -0.444 e. The summed E-state index contributed by atoms with van der Waals surface area (Å²) in [5, 5.41) is 13.1. The smallest absolute Gasteiger partial charge is 0.410 e. The van der Waals surface area contributed by atoms with Gasteiger partial charge >= 0.3 is 6.09 Å². The summed E-state index contributed by atoms with van der Waals surface area (Å²) in [6.45, 7) is 13.8. The van der Waals surface area contributed by atoms with Gasteiger partial charge in [0, 0.05) is 25.2 Å². The molecule has 0 radical (unpaired) electrons. The van der Waals surface area contributed by atoms with Crippen LogP contribution in [-0.4, -0.2) is 53.5 Å². The van der Waals surface area contributed by atoms with Crippen molar-refractivity contribution >= 4 is 6.09 Å². The van der Waals surface area contributed by atoms with E-state index in [0.29, 0.717) is 19.1 Å². The largest absolute Gasteiger partial charge is 0.444 e. The van der Waals surface area contributed by atoms with E-state index in [-0.39, 0.29) is 24.2 Å². The number of nitrogens with zero attached hydrogens (tertiary/aromatic N) is 1. The van der Waals surface area contributed by atoms with Crippen molar-refractivity contribution < 1.29 is 14.6 Å². The number of rotatable bonds is 4. The van der Waals surface area contributed by atoms with E-state index in [1.807, 2.05) is 20.8 Å². The van der Waals surface area contributed by atoms with E-state index in [2.05, 4.69) is 26.1 Å². The molecule has 2 N–H and O–H groups in total. The lowest BCUT2D eigenvalue weighted by Crippen LogP contribution is -2.50. The van der Waals surface area contributed by atoms with Gasteiger partial charge in [0.1, 0.15) is 5.60 Å². The molecular weight excluding hydrogens is 280 g/mol. The van der Waals surface area contributed by atoms with Gasteiger partial charge in [0.05, 0.1) is 6.61 Å². The zero-order valence-corrected chi connectivity index (χ0v) is 15.1. The van der Waals surface area contributed by atoms with Crippen LogP contribution < -0.4 is 5.32 Å².